The Morgan fingerprint density at radius 1 is 1.56 bits per heavy atom. The summed E-state index contributed by atoms with van der Waals surface area (Å²) in [6, 6.07) is 0. The third-order valence-electron chi connectivity index (χ3n) is 1.24. The standard InChI is InChI=1S/C8H14O/c1-3-5-7-8(9)6-4-2/h1,8-9H,4-7H2,2H3. The van der Waals surface area contributed by atoms with Gasteiger partial charge in [-0.1, -0.05) is 13.3 Å². The van der Waals surface area contributed by atoms with Crippen LogP contribution in [0.4, 0.5) is 0 Å². The first-order chi connectivity index (χ1) is 4.31. The van der Waals surface area contributed by atoms with Crippen LogP contribution in [0.3, 0.4) is 0 Å². The lowest BCUT2D eigenvalue weighted by Crippen LogP contribution is -2.04. The molecule has 1 heteroatoms. The van der Waals surface area contributed by atoms with Gasteiger partial charge in [0.05, 0.1) is 6.10 Å². The molecule has 0 rings (SSSR count). The Kier molecular flexibility index (Phi) is 5.35. The van der Waals surface area contributed by atoms with Crippen molar-refractivity contribution < 1.29 is 5.11 Å². The van der Waals surface area contributed by atoms with Crippen molar-refractivity contribution in [2.75, 3.05) is 0 Å². The third-order valence-corrected chi connectivity index (χ3v) is 1.24. The number of rotatable bonds is 4. The Morgan fingerprint density at radius 3 is 2.67 bits per heavy atom. The van der Waals surface area contributed by atoms with Crippen molar-refractivity contribution in [3.05, 3.63) is 0 Å². The van der Waals surface area contributed by atoms with E-state index in [9.17, 15) is 0 Å². The van der Waals surface area contributed by atoms with Gasteiger partial charge in [0.2, 0.25) is 0 Å². The summed E-state index contributed by atoms with van der Waals surface area (Å²) in [5.74, 6) is 2.50. The first-order valence-corrected chi connectivity index (χ1v) is 3.42. The lowest BCUT2D eigenvalue weighted by atomic mass is 10.1. The molecule has 0 radical (unpaired) electrons. The van der Waals surface area contributed by atoms with Gasteiger partial charge in [-0.25, -0.2) is 0 Å². The summed E-state index contributed by atoms with van der Waals surface area (Å²) < 4.78 is 0. The van der Waals surface area contributed by atoms with E-state index in [1.807, 2.05) is 0 Å². The molecule has 0 aromatic carbocycles. The van der Waals surface area contributed by atoms with Crippen molar-refractivity contribution in [2.24, 2.45) is 0 Å². The maximum Gasteiger partial charge on any atom is 0.0549 e. The van der Waals surface area contributed by atoms with Crippen LogP contribution in [0.5, 0.6) is 0 Å². The van der Waals surface area contributed by atoms with Crippen LogP contribution in [-0.4, -0.2) is 11.2 Å². The monoisotopic (exact) mass is 126 g/mol. The summed E-state index contributed by atoms with van der Waals surface area (Å²) in [7, 11) is 0. The number of hydrogen-bond donors (Lipinski definition) is 1. The van der Waals surface area contributed by atoms with Gasteiger partial charge in [-0.15, -0.1) is 12.3 Å². The molecule has 0 spiro atoms. The molecule has 1 N–H and O–H groups in total. The molecule has 0 bridgehead atoms. The van der Waals surface area contributed by atoms with E-state index in [2.05, 4.69) is 12.8 Å². The Hall–Kier alpha value is -0.480. The quantitative estimate of drug-likeness (QED) is 0.567. The molecule has 0 aliphatic carbocycles. The van der Waals surface area contributed by atoms with Gasteiger partial charge in [-0.2, -0.15) is 0 Å². The van der Waals surface area contributed by atoms with E-state index >= 15 is 0 Å². The van der Waals surface area contributed by atoms with Crippen molar-refractivity contribution in [3.63, 3.8) is 0 Å². The normalized spacial score (nSPS) is 12.6. The molecule has 1 nitrogen and oxygen atoms in total. The zero-order chi connectivity index (χ0) is 7.11. The summed E-state index contributed by atoms with van der Waals surface area (Å²) in [6.07, 6.45) is 8.20. The van der Waals surface area contributed by atoms with E-state index in [1.54, 1.807) is 0 Å². The van der Waals surface area contributed by atoms with Crippen LogP contribution < -0.4 is 0 Å². The topological polar surface area (TPSA) is 20.2 Å². The van der Waals surface area contributed by atoms with Gasteiger partial charge in [-0.3, -0.25) is 0 Å². The van der Waals surface area contributed by atoms with Gasteiger partial charge < -0.3 is 5.11 Å². The molecule has 1 unspecified atom stereocenters. The van der Waals surface area contributed by atoms with Gasteiger partial charge in [0, 0.05) is 6.42 Å². The molecule has 9 heavy (non-hydrogen) atoms. The Labute approximate surface area is 57.1 Å². The van der Waals surface area contributed by atoms with E-state index in [0.717, 1.165) is 19.3 Å². The largest absolute Gasteiger partial charge is 0.393 e. The molecular formula is C8H14O. The average molecular weight is 126 g/mol. The highest BCUT2D eigenvalue weighted by Crippen LogP contribution is 2.02. The number of aliphatic hydroxyl groups excluding tert-OH is 1. The van der Waals surface area contributed by atoms with Crippen molar-refractivity contribution in [3.8, 4) is 12.3 Å². The summed E-state index contributed by atoms with van der Waals surface area (Å²) in [4.78, 5) is 0. The van der Waals surface area contributed by atoms with Crippen LogP contribution in [0.1, 0.15) is 32.6 Å². The molecule has 0 saturated heterocycles. The Morgan fingerprint density at radius 2 is 2.22 bits per heavy atom. The Bertz CT molecular complexity index is 91.2. The molecule has 0 aliphatic heterocycles. The molecule has 0 aliphatic rings. The van der Waals surface area contributed by atoms with Gasteiger partial charge in [0.1, 0.15) is 0 Å². The van der Waals surface area contributed by atoms with E-state index in [0.29, 0.717) is 6.42 Å². The van der Waals surface area contributed by atoms with Crippen molar-refractivity contribution >= 4 is 0 Å². The fourth-order valence-electron chi connectivity index (χ4n) is 0.728. The van der Waals surface area contributed by atoms with E-state index in [-0.39, 0.29) is 6.10 Å². The van der Waals surface area contributed by atoms with Crippen molar-refractivity contribution in [1.82, 2.24) is 0 Å². The lowest BCUT2D eigenvalue weighted by Gasteiger charge is -2.04. The summed E-state index contributed by atoms with van der Waals surface area (Å²) in [5.41, 5.74) is 0. The van der Waals surface area contributed by atoms with Crippen LogP contribution >= 0.6 is 0 Å². The molecule has 0 saturated carbocycles. The second-order valence-electron chi connectivity index (χ2n) is 2.19. The minimum absolute atomic E-state index is 0.175. The zero-order valence-electron chi connectivity index (χ0n) is 5.93. The fourth-order valence-corrected chi connectivity index (χ4v) is 0.728. The van der Waals surface area contributed by atoms with E-state index in [4.69, 9.17) is 11.5 Å². The van der Waals surface area contributed by atoms with Crippen LogP contribution in [0.25, 0.3) is 0 Å². The number of terminal acetylenes is 1. The molecular weight excluding hydrogens is 112 g/mol. The average Bonchev–Trinajstić information content (AvgIpc) is 1.85. The van der Waals surface area contributed by atoms with Gasteiger partial charge in [-0.05, 0) is 12.8 Å². The smallest absolute Gasteiger partial charge is 0.0549 e. The number of aliphatic hydroxyl groups is 1. The van der Waals surface area contributed by atoms with E-state index in [1.165, 1.54) is 0 Å². The predicted molar refractivity (Wildman–Crippen MR) is 39.0 cm³/mol. The van der Waals surface area contributed by atoms with Crippen molar-refractivity contribution in [2.45, 2.75) is 38.7 Å². The fraction of sp³-hybridized carbons (Fsp3) is 0.750. The second kappa shape index (κ2) is 5.65. The van der Waals surface area contributed by atoms with E-state index < -0.39 is 0 Å². The SMILES string of the molecule is C#CCCC(O)CCC. The van der Waals surface area contributed by atoms with Crippen LogP contribution in [-0.2, 0) is 0 Å². The van der Waals surface area contributed by atoms with Crippen molar-refractivity contribution in [1.29, 1.82) is 0 Å². The molecule has 0 heterocycles. The lowest BCUT2D eigenvalue weighted by molar-refractivity contribution is 0.155. The number of hydrogen-bond acceptors (Lipinski definition) is 1. The summed E-state index contributed by atoms with van der Waals surface area (Å²) in [5, 5.41) is 9.08. The molecule has 0 amide bonds. The molecule has 52 valence electrons. The molecule has 0 fully saturated rings. The minimum Gasteiger partial charge on any atom is -0.393 e. The maximum atomic E-state index is 9.08. The maximum absolute atomic E-state index is 9.08. The minimum atomic E-state index is -0.175. The highest BCUT2D eigenvalue weighted by Gasteiger charge is 1.98. The first kappa shape index (κ1) is 8.52. The third kappa shape index (κ3) is 5.39. The van der Waals surface area contributed by atoms with Crippen LogP contribution in [0.2, 0.25) is 0 Å². The van der Waals surface area contributed by atoms with Gasteiger partial charge in [0.15, 0.2) is 0 Å². The zero-order valence-corrected chi connectivity index (χ0v) is 5.93. The van der Waals surface area contributed by atoms with Gasteiger partial charge >= 0.3 is 0 Å². The highest BCUT2D eigenvalue weighted by molar-refractivity contribution is 4.84. The predicted octanol–water partition coefficient (Wildman–Crippen LogP) is 1.56. The summed E-state index contributed by atoms with van der Waals surface area (Å²) in [6.45, 7) is 2.05. The Balaban J connectivity index is 3.07. The van der Waals surface area contributed by atoms with Crippen LogP contribution in [0, 0.1) is 12.3 Å². The molecule has 0 aromatic heterocycles. The van der Waals surface area contributed by atoms with Crippen LogP contribution in [0.15, 0.2) is 0 Å². The van der Waals surface area contributed by atoms with Gasteiger partial charge in [0.25, 0.3) is 0 Å². The second-order valence-corrected chi connectivity index (χ2v) is 2.19. The molecule has 1 atom stereocenters. The first-order valence-electron chi connectivity index (χ1n) is 3.42. The molecule has 0 aromatic rings. The summed E-state index contributed by atoms with van der Waals surface area (Å²) >= 11 is 0. The highest BCUT2D eigenvalue weighted by atomic mass is 16.3.